The Morgan fingerprint density at radius 1 is 0.897 bits per heavy atom. The van der Waals surface area contributed by atoms with Gasteiger partial charge in [0.2, 0.25) is 11.7 Å². The van der Waals surface area contributed by atoms with E-state index in [0.29, 0.717) is 40.3 Å². The van der Waals surface area contributed by atoms with Crippen LogP contribution in [0.15, 0.2) is 59.1 Å². The van der Waals surface area contributed by atoms with Gasteiger partial charge in [-0.2, -0.15) is 0 Å². The minimum Gasteiger partial charge on any atom is -0.493 e. The van der Waals surface area contributed by atoms with Gasteiger partial charge in [0.05, 0.1) is 27.8 Å². The minimum atomic E-state index is -0.877. The number of aromatic nitrogens is 1. The van der Waals surface area contributed by atoms with Gasteiger partial charge in [-0.05, 0) is 36.8 Å². The van der Waals surface area contributed by atoms with Gasteiger partial charge in [-0.15, -0.1) is 0 Å². The maximum absolute atomic E-state index is 14.4. The van der Waals surface area contributed by atoms with Crippen LogP contribution < -0.4 is 24.8 Å². The van der Waals surface area contributed by atoms with Crippen LogP contribution in [-0.4, -0.2) is 38.3 Å². The van der Waals surface area contributed by atoms with E-state index in [0.717, 1.165) is 6.07 Å². The number of anilines is 2. The molecule has 1 aromatic heterocycles. The molecule has 202 valence electrons. The van der Waals surface area contributed by atoms with E-state index < -0.39 is 17.5 Å². The van der Waals surface area contributed by atoms with E-state index in [-0.39, 0.29) is 34.9 Å². The minimum absolute atomic E-state index is 0.00128. The summed E-state index contributed by atoms with van der Waals surface area (Å²) < 4.78 is 48.8. The van der Waals surface area contributed by atoms with E-state index in [4.69, 9.17) is 18.7 Å². The van der Waals surface area contributed by atoms with Crippen LogP contribution >= 0.6 is 0 Å². The molecule has 39 heavy (non-hydrogen) atoms. The summed E-state index contributed by atoms with van der Waals surface area (Å²) in [7, 11) is 4.43. The molecule has 0 aliphatic carbocycles. The molecule has 2 N–H and O–H groups in total. The lowest BCUT2D eigenvalue weighted by molar-refractivity contribution is -0.115. The maximum atomic E-state index is 14.4. The van der Waals surface area contributed by atoms with Gasteiger partial charge < -0.3 is 29.4 Å². The van der Waals surface area contributed by atoms with Gasteiger partial charge in [0.25, 0.3) is 5.91 Å². The first-order chi connectivity index (χ1) is 18.7. The van der Waals surface area contributed by atoms with E-state index in [2.05, 4.69) is 15.8 Å². The van der Waals surface area contributed by atoms with Crippen molar-refractivity contribution in [3.8, 4) is 28.5 Å². The van der Waals surface area contributed by atoms with Crippen molar-refractivity contribution in [1.29, 1.82) is 0 Å². The highest BCUT2D eigenvalue weighted by Crippen LogP contribution is 2.40. The summed E-state index contributed by atoms with van der Waals surface area (Å²) >= 11 is 0. The molecule has 4 aromatic rings. The van der Waals surface area contributed by atoms with Crippen molar-refractivity contribution >= 4 is 23.2 Å². The summed E-state index contributed by atoms with van der Waals surface area (Å²) in [5, 5.41) is 9.30. The van der Waals surface area contributed by atoms with Crippen LogP contribution in [-0.2, 0) is 11.2 Å². The number of halogens is 2. The fourth-order valence-electron chi connectivity index (χ4n) is 4.00. The Morgan fingerprint density at radius 3 is 2.26 bits per heavy atom. The van der Waals surface area contributed by atoms with Crippen LogP contribution in [0.2, 0.25) is 0 Å². The van der Waals surface area contributed by atoms with Gasteiger partial charge in [0.15, 0.2) is 11.5 Å². The van der Waals surface area contributed by atoms with Crippen molar-refractivity contribution in [3.05, 3.63) is 83.1 Å². The van der Waals surface area contributed by atoms with Gasteiger partial charge in [-0.3, -0.25) is 9.59 Å². The van der Waals surface area contributed by atoms with Gasteiger partial charge in [-0.1, -0.05) is 17.3 Å². The summed E-state index contributed by atoms with van der Waals surface area (Å²) in [6.07, 6.45) is -0.00128. The third kappa shape index (κ3) is 5.98. The van der Waals surface area contributed by atoms with Crippen LogP contribution in [0.1, 0.15) is 21.7 Å². The van der Waals surface area contributed by atoms with Crippen molar-refractivity contribution in [3.63, 3.8) is 0 Å². The molecule has 11 heteroatoms. The van der Waals surface area contributed by atoms with E-state index in [1.165, 1.54) is 34.3 Å². The number of hydrogen-bond donors (Lipinski definition) is 2. The molecule has 0 unspecified atom stereocenters. The fourth-order valence-corrected chi connectivity index (χ4v) is 4.00. The molecular weight excluding hydrogens is 512 g/mol. The highest BCUT2D eigenvalue weighted by molar-refractivity contribution is 6.09. The fraction of sp³-hybridized carbons (Fsp3) is 0.179. The number of nitrogens with one attached hydrogen (secondary N) is 2. The number of methoxy groups -OCH3 is 3. The Balaban J connectivity index is 1.49. The molecule has 2 amide bonds. The quantitative estimate of drug-likeness (QED) is 0.295. The number of carbonyl (C=O) groups excluding carboxylic acids is 2. The molecule has 0 atom stereocenters. The second kappa shape index (κ2) is 11.6. The van der Waals surface area contributed by atoms with E-state index >= 15 is 0 Å². The molecule has 0 aliphatic heterocycles. The number of aryl methyl sites for hydroxylation is 1. The standard InChI is InChI=1S/C28H25F2N3O6/c1-15-25(26(33-39-15)20-9-8-17(29)12-21(20)30)28(35)32-18-7-5-6-16(10-18)11-24(34)31-19-13-22(36-2)27(38-4)23(14-19)37-3/h5-10,12-14H,11H2,1-4H3,(H,31,34)(H,32,35). The Morgan fingerprint density at radius 2 is 1.62 bits per heavy atom. The zero-order valence-electron chi connectivity index (χ0n) is 21.6. The Labute approximate surface area is 222 Å². The summed E-state index contributed by atoms with van der Waals surface area (Å²) in [6, 6.07) is 12.9. The van der Waals surface area contributed by atoms with E-state index in [9.17, 15) is 18.4 Å². The first-order valence-corrected chi connectivity index (χ1v) is 11.7. The monoisotopic (exact) mass is 537 g/mol. The number of amides is 2. The van der Waals surface area contributed by atoms with Crippen LogP contribution in [0.5, 0.6) is 17.2 Å². The second-order valence-corrected chi connectivity index (χ2v) is 8.38. The SMILES string of the molecule is COc1cc(NC(=O)Cc2cccc(NC(=O)c3c(-c4ccc(F)cc4F)noc3C)c2)cc(OC)c1OC. The highest BCUT2D eigenvalue weighted by atomic mass is 19.1. The smallest absolute Gasteiger partial charge is 0.261 e. The molecule has 1 heterocycles. The molecule has 3 aromatic carbocycles. The Hall–Kier alpha value is -4.93. The van der Waals surface area contributed by atoms with E-state index in [1.54, 1.807) is 36.4 Å². The number of nitrogens with zero attached hydrogens (tertiary/aromatic N) is 1. The average Bonchev–Trinajstić information content (AvgIpc) is 3.29. The normalized spacial score (nSPS) is 10.6. The predicted octanol–water partition coefficient (Wildman–Crippen LogP) is 5.39. The molecule has 0 bridgehead atoms. The lowest BCUT2D eigenvalue weighted by Crippen LogP contribution is -2.16. The lowest BCUT2D eigenvalue weighted by Gasteiger charge is -2.14. The first kappa shape index (κ1) is 27.1. The zero-order valence-corrected chi connectivity index (χ0v) is 21.6. The Bertz CT molecular complexity index is 1510. The van der Waals surface area contributed by atoms with Crippen molar-refractivity contribution in [2.24, 2.45) is 0 Å². The molecule has 4 rings (SSSR count). The van der Waals surface area contributed by atoms with Gasteiger partial charge in [0, 0.05) is 35.1 Å². The summed E-state index contributed by atoms with van der Waals surface area (Å²) in [5.41, 5.74) is 1.33. The third-order valence-electron chi connectivity index (χ3n) is 5.77. The molecule has 0 spiro atoms. The predicted molar refractivity (Wildman–Crippen MR) is 139 cm³/mol. The van der Waals surface area contributed by atoms with Gasteiger partial charge in [0.1, 0.15) is 28.7 Å². The zero-order chi connectivity index (χ0) is 28.1. The molecule has 9 nitrogen and oxygen atoms in total. The summed E-state index contributed by atoms with van der Waals surface area (Å²) in [5.74, 6) is -1.22. The molecule has 0 fully saturated rings. The molecule has 0 radical (unpaired) electrons. The van der Waals surface area contributed by atoms with Gasteiger partial charge >= 0.3 is 0 Å². The van der Waals surface area contributed by atoms with Crippen molar-refractivity contribution in [2.45, 2.75) is 13.3 Å². The van der Waals surface area contributed by atoms with Gasteiger partial charge in [-0.25, -0.2) is 8.78 Å². The molecule has 0 saturated carbocycles. The molecular formula is C28H25F2N3O6. The third-order valence-corrected chi connectivity index (χ3v) is 5.77. The first-order valence-electron chi connectivity index (χ1n) is 11.7. The number of rotatable bonds is 9. The van der Waals surface area contributed by atoms with Crippen molar-refractivity contribution in [1.82, 2.24) is 5.16 Å². The maximum Gasteiger partial charge on any atom is 0.261 e. The summed E-state index contributed by atoms with van der Waals surface area (Å²) in [4.78, 5) is 25.9. The lowest BCUT2D eigenvalue weighted by atomic mass is 10.0. The highest BCUT2D eigenvalue weighted by Gasteiger charge is 2.24. The molecule has 0 aliphatic rings. The molecule has 0 saturated heterocycles. The van der Waals surface area contributed by atoms with Crippen LogP contribution in [0, 0.1) is 18.6 Å². The average molecular weight is 538 g/mol. The van der Waals surface area contributed by atoms with Crippen LogP contribution in [0.4, 0.5) is 20.2 Å². The number of carbonyl (C=O) groups is 2. The van der Waals surface area contributed by atoms with E-state index in [1.807, 2.05) is 0 Å². The summed E-state index contributed by atoms with van der Waals surface area (Å²) in [6.45, 7) is 1.51. The number of ether oxygens (including phenoxy) is 3. The van der Waals surface area contributed by atoms with Crippen LogP contribution in [0.25, 0.3) is 11.3 Å². The van der Waals surface area contributed by atoms with Crippen molar-refractivity contribution in [2.75, 3.05) is 32.0 Å². The second-order valence-electron chi connectivity index (χ2n) is 8.38. The number of hydrogen-bond acceptors (Lipinski definition) is 7. The van der Waals surface area contributed by atoms with Crippen molar-refractivity contribution < 1.29 is 37.1 Å². The van der Waals surface area contributed by atoms with Crippen LogP contribution in [0.3, 0.4) is 0 Å². The topological polar surface area (TPSA) is 112 Å². The Kier molecular flexibility index (Phi) is 8.09. The largest absolute Gasteiger partial charge is 0.493 e. The number of benzene rings is 3.